The average Bonchev–Trinajstić information content (AvgIpc) is 2.22. The van der Waals surface area contributed by atoms with E-state index in [1.807, 2.05) is 13.8 Å². The molecule has 1 amide bonds. The summed E-state index contributed by atoms with van der Waals surface area (Å²) in [5.41, 5.74) is 5.37. The molecule has 0 aliphatic carbocycles. The van der Waals surface area contributed by atoms with Crippen LogP contribution in [0.2, 0.25) is 0 Å². The molecule has 0 saturated heterocycles. The summed E-state index contributed by atoms with van der Waals surface area (Å²) < 4.78 is 0. The van der Waals surface area contributed by atoms with Crippen molar-refractivity contribution >= 4 is 5.91 Å². The molecule has 4 nitrogen and oxygen atoms in total. The molecule has 0 unspecified atom stereocenters. The van der Waals surface area contributed by atoms with E-state index in [9.17, 15) is 4.79 Å². The summed E-state index contributed by atoms with van der Waals surface area (Å²) >= 11 is 0. The van der Waals surface area contributed by atoms with Crippen LogP contribution in [0.25, 0.3) is 0 Å². The number of unbranched alkanes of at least 4 members (excludes halogenated alkanes) is 2. The highest BCUT2D eigenvalue weighted by Gasteiger charge is 2.15. The van der Waals surface area contributed by atoms with E-state index in [1.165, 1.54) is 12.8 Å². The molecule has 0 radical (unpaired) electrons. The second-order valence-corrected chi connectivity index (χ2v) is 4.50. The molecule has 0 rings (SSSR count). The van der Waals surface area contributed by atoms with Gasteiger partial charge in [0.05, 0.1) is 6.54 Å². The number of hydrogen-bond acceptors (Lipinski definition) is 3. The lowest BCUT2D eigenvalue weighted by molar-refractivity contribution is -0.120. The summed E-state index contributed by atoms with van der Waals surface area (Å²) in [6.45, 7) is 7.76. The van der Waals surface area contributed by atoms with Crippen LogP contribution in [0.3, 0.4) is 0 Å². The van der Waals surface area contributed by atoms with Crippen molar-refractivity contribution in [3.8, 4) is 0 Å². The third kappa shape index (κ3) is 8.39. The Kier molecular flexibility index (Phi) is 7.34. The minimum Gasteiger partial charge on any atom is -0.355 e. The van der Waals surface area contributed by atoms with Crippen molar-refractivity contribution in [2.45, 2.75) is 45.6 Å². The molecule has 0 aliphatic heterocycles. The molecule has 4 N–H and O–H groups in total. The Balaban J connectivity index is 3.49. The van der Waals surface area contributed by atoms with Crippen LogP contribution in [-0.4, -0.2) is 31.1 Å². The highest BCUT2D eigenvalue weighted by Crippen LogP contribution is 1.96. The molecule has 0 aromatic carbocycles. The zero-order valence-electron chi connectivity index (χ0n) is 10.2. The quantitative estimate of drug-likeness (QED) is 0.520. The number of carbonyl (C=O) groups is 1. The van der Waals surface area contributed by atoms with Gasteiger partial charge in [-0.2, -0.15) is 0 Å². The molecule has 0 aliphatic rings. The van der Waals surface area contributed by atoms with Crippen LogP contribution < -0.4 is 16.4 Å². The third-order valence-electron chi connectivity index (χ3n) is 2.34. The van der Waals surface area contributed by atoms with Crippen molar-refractivity contribution in [3.05, 3.63) is 0 Å². The molecule has 15 heavy (non-hydrogen) atoms. The standard InChI is InChI=1S/C11H25N3O/c1-4-5-6-7-13-10(15)8-14-11(2,3)9-12/h14H,4-9,12H2,1-3H3,(H,13,15). The van der Waals surface area contributed by atoms with Crippen LogP contribution in [-0.2, 0) is 4.79 Å². The lowest BCUT2D eigenvalue weighted by Gasteiger charge is -2.23. The monoisotopic (exact) mass is 215 g/mol. The second-order valence-electron chi connectivity index (χ2n) is 4.50. The number of rotatable bonds is 8. The Morgan fingerprint density at radius 1 is 1.33 bits per heavy atom. The van der Waals surface area contributed by atoms with E-state index in [0.29, 0.717) is 13.1 Å². The van der Waals surface area contributed by atoms with Crippen LogP contribution in [0.15, 0.2) is 0 Å². The van der Waals surface area contributed by atoms with Crippen LogP contribution in [0.1, 0.15) is 40.0 Å². The highest BCUT2D eigenvalue weighted by molar-refractivity contribution is 5.78. The molecule has 0 aromatic rings. The lowest BCUT2D eigenvalue weighted by atomic mass is 10.1. The van der Waals surface area contributed by atoms with Crippen molar-refractivity contribution < 1.29 is 4.79 Å². The first-order valence-corrected chi connectivity index (χ1v) is 5.73. The van der Waals surface area contributed by atoms with Gasteiger partial charge in [0.2, 0.25) is 5.91 Å². The van der Waals surface area contributed by atoms with Gasteiger partial charge >= 0.3 is 0 Å². The maximum Gasteiger partial charge on any atom is 0.233 e. The Morgan fingerprint density at radius 3 is 2.53 bits per heavy atom. The minimum atomic E-state index is -0.166. The van der Waals surface area contributed by atoms with Crippen LogP contribution in [0.5, 0.6) is 0 Å². The number of carbonyl (C=O) groups excluding carboxylic acids is 1. The van der Waals surface area contributed by atoms with Crippen molar-refractivity contribution in [2.75, 3.05) is 19.6 Å². The van der Waals surface area contributed by atoms with Gasteiger partial charge in [0.15, 0.2) is 0 Å². The average molecular weight is 215 g/mol. The largest absolute Gasteiger partial charge is 0.355 e. The molecule has 0 atom stereocenters. The molecule has 4 heteroatoms. The molecule has 0 spiro atoms. The number of hydrogen-bond donors (Lipinski definition) is 3. The van der Waals surface area contributed by atoms with E-state index in [4.69, 9.17) is 5.73 Å². The van der Waals surface area contributed by atoms with Crippen LogP contribution in [0.4, 0.5) is 0 Å². The van der Waals surface area contributed by atoms with Crippen molar-refractivity contribution in [1.82, 2.24) is 10.6 Å². The molecule has 0 aromatic heterocycles. The van der Waals surface area contributed by atoms with Crippen molar-refractivity contribution in [2.24, 2.45) is 5.73 Å². The Labute approximate surface area is 93.0 Å². The normalized spacial score (nSPS) is 11.5. The summed E-state index contributed by atoms with van der Waals surface area (Å²) in [6.07, 6.45) is 3.40. The van der Waals surface area contributed by atoms with Gasteiger partial charge in [-0.25, -0.2) is 0 Å². The molecule has 0 fully saturated rings. The Morgan fingerprint density at radius 2 is 2.00 bits per heavy atom. The first-order valence-electron chi connectivity index (χ1n) is 5.73. The van der Waals surface area contributed by atoms with E-state index in [1.54, 1.807) is 0 Å². The molecule has 90 valence electrons. The summed E-state index contributed by atoms with van der Waals surface area (Å²) in [7, 11) is 0. The topological polar surface area (TPSA) is 67.2 Å². The Hall–Kier alpha value is -0.610. The first-order chi connectivity index (χ1) is 7.02. The lowest BCUT2D eigenvalue weighted by Crippen LogP contribution is -2.49. The predicted molar refractivity (Wildman–Crippen MR) is 63.7 cm³/mol. The zero-order chi connectivity index (χ0) is 11.7. The Bertz CT molecular complexity index is 181. The molecule has 0 saturated carbocycles. The highest BCUT2D eigenvalue weighted by atomic mass is 16.1. The van der Waals surface area contributed by atoms with Gasteiger partial charge in [-0.15, -0.1) is 0 Å². The van der Waals surface area contributed by atoms with Crippen molar-refractivity contribution in [1.29, 1.82) is 0 Å². The smallest absolute Gasteiger partial charge is 0.233 e. The summed E-state index contributed by atoms with van der Waals surface area (Å²) in [5, 5.41) is 5.98. The number of amides is 1. The second kappa shape index (κ2) is 7.65. The van der Waals surface area contributed by atoms with Gasteiger partial charge in [0.25, 0.3) is 0 Å². The van der Waals surface area contributed by atoms with Gasteiger partial charge in [0.1, 0.15) is 0 Å². The fourth-order valence-electron chi connectivity index (χ4n) is 1.06. The number of nitrogens with two attached hydrogens (primary N) is 1. The van der Waals surface area contributed by atoms with E-state index in [2.05, 4.69) is 17.6 Å². The summed E-state index contributed by atoms with van der Waals surface area (Å²) in [5.74, 6) is 0.0487. The summed E-state index contributed by atoms with van der Waals surface area (Å²) in [6, 6.07) is 0. The third-order valence-corrected chi connectivity index (χ3v) is 2.34. The van der Waals surface area contributed by atoms with E-state index in [0.717, 1.165) is 13.0 Å². The van der Waals surface area contributed by atoms with Crippen LogP contribution >= 0.6 is 0 Å². The van der Waals surface area contributed by atoms with Crippen LogP contribution in [0, 0.1) is 0 Å². The van der Waals surface area contributed by atoms with Gasteiger partial charge in [0, 0.05) is 18.6 Å². The van der Waals surface area contributed by atoms with Gasteiger partial charge in [-0.1, -0.05) is 19.8 Å². The fourth-order valence-corrected chi connectivity index (χ4v) is 1.06. The predicted octanol–water partition coefficient (Wildman–Crippen LogP) is 0.620. The first kappa shape index (κ1) is 14.4. The minimum absolute atomic E-state index is 0.0487. The molecular weight excluding hydrogens is 190 g/mol. The maximum atomic E-state index is 11.4. The van der Waals surface area contributed by atoms with E-state index < -0.39 is 0 Å². The van der Waals surface area contributed by atoms with Gasteiger partial charge in [-0.05, 0) is 20.3 Å². The van der Waals surface area contributed by atoms with Gasteiger partial charge in [-0.3, -0.25) is 4.79 Å². The number of nitrogens with one attached hydrogen (secondary N) is 2. The fraction of sp³-hybridized carbons (Fsp3) is 0.909. The maximum absolute atomic E-state index is 11.4. The van der Waals surface area contributed by atoms with E-state index in [-0.39, 0.29) is 11.4 Å². The zero-order valence-corrected chi connectivity index (χ0v) is 10.2. The molecular formula is C11H25N3O. The van der Waals surface area contributed by atoms with Gasteiger partial charge < -0.3 is 16.4 Å². The molecule has 0 bridgehead atoms. The van der Waals surface area contributed by atoms with Crippen molar-refractivity contribution in [3.63, 3.8) is 0 Å². The van der Waals surface area contributed by atoms with E-state index >= 15 is 0 Å². The summed E-state index contributed by atoms with van der Waals surface area (Å²) in [4.78, 5) is 11.4. The SMILES string of the molecule is CCCCCNC(=O)CNC(C)(C)CN. The molecule has 0 heterocycles.